The van der Waals surface area contributed by atoms with E-state index < -0.39 is 5.25 Å². The zero-order chi connectivity index (χ0) is 18.8. The van der Waals surface area contributed by atoms with Gasteiger partial charge in [-0.1, -0.05) is 29.5 Å². The summed E-state index contributed by atoms with van der Waals surface area (Å²) in [5.74, 6) is 1.14. The van der Waals surface area contributed by atoms with E-state index in [1.165, 1.54) is 11.8 Å². The molecule has 9 heteroatoms. The average Bonchev–Trinajstić information content (AvgIpc) is 3.31. The zero-order valence-corrected chi connectivity index (χ0v) is 15.6. The Bertz CT molecular complexity index is 973. The van der Waals surface area contributed by atoms with Crippen LogP contribution in [0.2, 0.25) is 0 Å². The molecule has 1 aromatic heterocycles. The standard InChI is InChI=1S/C18H17N5O3S/c1-11-3-6-14(7-4-11)23-18(20-21-22-23)27-12(2)17(24)19-13-5-8-15-16(9-13)26-10-25-15/h3-9,12H,10H2,1-2H3,(H,19,24)/t12-/m0/s1. The second kappa shape index (κ2) is 7.28. The van der Waals surface area contributed by atoms with E-state index in [1.807, 2.05) is 31.2 Å². The van der Waals surface area contributed by atoms with Crippen LogP contribution in [0.5, 0.6) is 11.5 Å². The lowest BCUT2D eigenvalue weighted by molar-refractivity contribution is -0.115. The largest absolute Gasteiger partial charge is 0.454 e. The molecule has 2 aromatic carbocycles. The first-order chi connectivity index (χ1) is 13.1. The molecule has 3 aromatic rings. The third kappa shape index (κ3) is 3.72. The van der Waals surface area contributed by atoms with Crippen molar-refractivity contribution < 1.29 is 14.3 Å². The number of ether oxygens (including phenoxy) is 2. The van der Waals surface area contributed by atoms with Crippen LogP contribution in [0, 0.1) is 6.92 Å². The van der Waals surface area contributed by atoms with Gasteiger partial charge in [-0.2, -0.15) is 4.68 Å². The number of carbonyl (C=O) groups is 1. The summed E-state index contributed by atoms with van der Waals surface area (Å²) in [6.45, 7) is 4.02. The van der Waals surface area contributed by atoms with E-state index in [9.17, 15) is 4.79 Å². The van der Waals surface area contributed by atoms with Crippen LogP contribution in [0.1, 0.15) is 12.5 Å². The fraction of sp³-hybridized carbons (Fsp3) is 0.222. The molecule has 1 N–H and O–H groups in total. The predicted octanol–water partition coefficient (Wildman–Crippen LogP) is 2.82. The molecular formula is C18H17N5O3S. The van der Waals surface area contributed by atoms with Gasteiger partial charge in [0.2, 0.25) is 17.9 Å². The predicted molar refractivity (Wildman–Crippen MR) is 100 cm³/mol. The number of anilines is 1. The Balaban J connectivity index is 1.45. The molecule has 0 bridgehead atoms. The van der Waals surface area contributed by atoms with Crippen molar-refractivity contribution in [1.29, 1.82) is 0 Å². The molecular weight excluding hydrogens is 366 g/mol. The third-order valence-electron chi connectivity index (χ3n) is 4.01. The van der Waals surface area contributed by atoms with Crippen LogP contribution in [-0.4, -0.2) is 38.2 Å². The maximum Gasteiger partial charge on any atom is 0.237 e. The van der Waals surface area contributed by atoms with Crippen molar-refractivity contribution in [2.45, 2.75) is 24.3 Å². The molecule has 4 rings (SSSR count). The van der Waals surface area contributed by atoms with Crippen molar-refractivity contribution >= 4 is 23.4 Å². The minimum absolute atomic E-state index is 0.155. The Labute approximate surface area is 159 Å². The molecule has 0 unspecified atom stereocenters. The minimum Gasteiger partial charge on any atom is -0.454 e. The van der Waals surface area contributed by atoms with Crippen LogP contribution in [-0.2, 0) is 4.79 Å². The second-order valence-corrected chi connectivity index (χ2v) is 7.33. The van der Waals surface area contributed by atoms with Crippen molar-refractivity contribution in [2.75, 3.05) is 12.1 Å². The Morgan fingerprint density at radius 2 is 1.96 bits per heavy atom. The summed E-state index contributed by atoms with van der Waals surface area (Å²) in [5.41, 5.74) is 2.64. The first kappa shape index (κ1) is 17.3. The molecule has 0 aliphatic carbocycles. The second-order valence-electron chi connectivity index (χ2n) is 6.03. The smallest absolute Gasteiger partial charge is 0.237 e. The number of aromatic nitrogens is 4. The van der Waals surface area contributed by atoms with Crippen LogP contribution in [0.3, 0.4) is 0 Å². The molecule has 27 heavy (non-hydrogen) atoms. The molecule has 2 heterocycles. The Hall–Kier alpha value is -3.07. The molecule has 1 amide bonds. The first-order valence-electron chi connectivity index (χ1n) is 8.33. The number of hydrogen-bond donors (Lipinski definition) is 1. The summed E-state index contributed by atoms with van der Waals surface area (Å²) in [4.78, 5) is 12.5. The number of nitrogens with zero attached hydrogens (tertiary/aromatic N) is 4. The molecule has 0 fully saturated rings. The summed E-state index contributed by atoms with van der Waals surface area (Å²) >= 11 is 1.29. The Morgan fingerprint density at radius 3 is 2.78 bits per heavy atom. The number of nitrogens with one attached hydrogen (secondary N) is 1. The van der Waals surface area contributed by atoms with Crippen LogP contribution in [0.4, 0.5) is 5.69 Å². The van der Waals surface area contributed by atoms with Crippen molar-refractivity contribution in [1.82, 2.24) is 20.2 Å². The highest BCUT2D eigenvalue weighted by atomic mass is 32.2. The van der Waals surface area contributed by atoms with Gasteiger partial charge < -0.3 is 14.8 Å². The van der Waals surface area contributed by atoms with Gasteiger partial charge in [0.05, 0.1) is 10.9 Å². The van der Waals surface area contributed by atoms with Gasteiger partial charge in [0.1, 0.15) is 0 Å². The fourth-order valence-corrected chi connectivity index (χ4v) is 3.34. The molecule has 1 atom stereocenters. The van der Waals surface area contributed by atoms with E-state index in [2.05, 4.69) is 20.8 Å². The molecule has 0 radical (unpaired) electrons. The fourth-order valence-electron chi connectivity index (χ4n) is 2.53. The summed E-state index contributed by atoms with van der Waals surface area (Å²) in [6, 6.07) is 13.1. The van der Waals surface area contributed by atoms with E-state index in [0.717, 1.165) is 11.3 Å². The van der Waals surface area contributed by atoms with Crippen LogP contribution < -0.4 is 14.8 Å². The first-order valence-corrected chi connectivity index (χ1v) is 9.21. The number of tetrazole rings is 1. The van der Waals surface area contributed by atoms with Gasteiger partial charge in [-0.3, -0.25) is 4.79 Å². The number of aryl methyl sites for hydroxylation is 1. The lowest BCUT2D eigenvalue weighted by Crippen LogP contribution is -2.22. The third-order valence-corrected chi connectivity index (χ3v) is 5.04. The highest BCUT2D eigenvalue weighted by Gasteiger charge is 2.20. The van der Waals surface area contributed by atoms with Crippen LogP contribution >= 0.6 is 11.8 Å². The van der Waals surface area contributed by atoms with E-state index in [-0.39, 0.29) is 12.7 Å². The zero-order valence-electron chi connectivity index (χ0n) is 14.7. The SMILES string of the molecule is Cc1ccc(-n2nnnc2S[C@@H](C)C(=O)Nc2ccc3c(c2)OCO3)cc1. The quantitative estimate of drug-likeness (QED) is 0.678. The molecule has 0 saturated carbocycles. The molecule has 8 nitrogen and oxygen atoms in total. The lowest BCUT2D eigenvalue weighted by Gasteiger charge is -2.12. The highest BCUT2D eigenvalue weighted by molar-refractivity contribution is 8.00. The van der Waals surface area contributed by atoms with Gasteiger partial charge in [0, 0.05) is 11.8 Å². The molecule has 0 saturated heterocycles. The van der Waals surface area contributed by atoms with Crippen molar-refractivity contribution in [3.05, 3.63) is 48.0 Å². The van der Waals surface area contributed by atoms with Crippen molar-refractivity contribution in [3.63, 3.8) is 0 Å². The topological polar surface area (TPSA) is 91.2 Å². The van der Waals surface area contributed by atoms with Crippen molar-refractivity contribution in [3.8, 4) is 17.2 Å². The molecule has 1 aliphatic heterocycles. The lowest BCUT2D eigenvalue weighted by atomic mass is 10.2. The Morgan fingerprint density at radius 1 is 1.19 bits per heavy atom. The molecule has 0 spiro atoms. The van der Waals surface area contributed by atoms with Gasteiger partial charge in [-0.15, -0.1) is 5.10 Å². The number of thioether (sulfide) groups is 1. The summed E-state index contributed by atoms with van der Waals surface area (Å²) in [7, 11) is 0. The van der Waals surface area contributed by atoms with Gasteiger partial charge in [0.15, 0.2) is 11.5 Å². The number of hydrogen-bond acceptors (Lipinski definition) is 7. The maximum absolute atomic E-state index is 12.5. The van der Waals surface area contributed by atoms with E-state index in [4.69, 9.17) is 9.47 Å². The van der Waals surface area contributed by atoms with Crippen LogP contribution in [0.25, 0.3) is 5.69 Å². The van der Waals surface area contributed by atoms with Crippen LogP contribution in [0.15, 0.2) is 47.6 Å². The molecule has 138 valence electrons. The van der Waals surface area contributed by atoms with Crippen molar-refractivity contribution in [2.24, 2.45) is 0 Å². The maximum atomic E-state index is 12.5. The summed E-state index contributed by atoms with van der Waals surface area (Å²) in [5, 5.41) is 14.8. The normalized spacial score (nSPS) is 13.4. The minimum atomic E-state index is -0.398. The van der Waals surface area contributed by atoms with E-state index in [0.29, 0.717) is 22.3 Å². The summed E-state index contributed by atoms with van der Waals surface area (Å²) in [6.07, 6.45) is 0. The van der Waals surface area contributed by atoms with Gasteiger partial charge >= 0.3 is 0 Å². The van der Waals surface area contributed by atoms with Gasteiger partial charge in [0.25, 0.3) is 0 Å². The number of carbonyl (C=O) groups excluding carboxylic acids is 1. The monoisotopic (exact) mass is 383 g/mol. The number of rotatable bonds is 5. The van der Waals surface area contributed by atoms with E-state index >= 15 is 0 Å². The van der Waals surface area contributed by atoms with E-state index in [1.54, 1.807) is 29.8 Å². The number of benzene rings is 2. The summed E-state index contributed by atoms with van der Waals surface area (Å²) < 4.78 is 12.2. The number of amides is 1. The van der Waals surface area contributed by atoms with Gasteiger partial charge in [-0.05, 0) is 48.5 Å². The Kier molecular flexibility index (Phi) is 4.68. The van der Waals surface area contributed by atoms with Gasteiger partial charge in [-0.25, -0.2) is 0 Å². The average molecular weight is 383 g/mol. The molecule has 1 aliphatic rings. The number of fused-ring (bicyclic) bond motifs is 1. The highest BCUT2D eigenvalue weighted by Crippen LogP contribution is 2.34.